The van der Waals surface area contributed by atoms with Crippen LogP contribution in [0.3, 0.4) is 0 Å². The van der Waals surface area contributed by atoms with Crippen LogP contribution in [0.4, 0.5) is 0 Å². The zero-order chi connectivity index (χ0) is 15.4. The fourth-order valence-corrected chi connectivity index (χ4v) is 2.89. The average molecular weight is 298 g/mol. The lowest BCUT2D eigenvalue weighted by Gasteiger charge is -2.36. The van der Waals surface area contributed by atoms with E-state index < -0.39 is 12.0 Å². The van der Waals surface area contributed by atoms with E-state index in [1.165, 1.54) is 0 Å². The molecule has 2 fully saturated rings. The molecule has 0 saturated carbocycles. The molecule has 2 atom stereocenters. The summed E-state index contributed by atoms with van der Waals surface area (Å²) in [6.07, 6.45) is 1.47. The van der Waals surface area contributed by atoms with Gasteiger partial charge in [0.2, 0.25) is 11.8 Å². The number of piperazine rings is 1. The summed E-state index contributed by atoms with van der Waals surface area (Å²) in [7, 11) is 0. The van der Waals surface area contributed by atoms with Gasteiger partial charge in [-0.25, -0.2) is 0 Å². The number of piperidine rings is 1. The number of nitrogens with two attached hydrogens (primary N) is 1. The van der Waals surface area contributed by atoms with E-state index >= 15 is 0 Å². The van der Waals surface area contributed by atoms with E-state index in [9.17, 15) is 19.5 Å². The van der Waals surface area contributed by atoms with Gasteiger partial charge in [0.05, 0.1) is 12.5 Å². The number of rotatable bonds is 4. The van der Waals surface area contributed by atoms with Gasteiger partial charge >= 0.3 is 5.97 Å². The van der Waals surface area contributed by atoms with Crippen molar-refractivity contribution in [3.05, 3.63) is 0 Å². The van der Waals surface area contributed by atoms with Crippen molar-refractivity contribution in [1.82, 2.24) is 15.1 Å². The highest BCUT2D eigenvalue weighted by Gasteiger charge is 2.32. The van der Waals surface area contributed by atoms with Crippen LogP contribution in [-0.4, -0.2) is 78.0 Å². The van der Waals surface area contributed by atoms with Crippen molar-refractivity contribution in [3.8, 4) is 0 Å². The van der Waals surface area contributed by atoms with Crippen LogP contribution >= 0.6 is 0 Å². The number of likely N-dealkylation sites (tertiary alicyclic amines) is 1. The first-order valence-corrected chi connectivity index (χ1v) is 7.23. The summed E-state index contributed by atoms with van der Waals surface area (Å²) in [5, 5.41) is 12.2. The van der Waals surface area contributed by atoms with Crippen molar-refractivity contribution >= 4 is 17.8 Å². The second kappa shape index (κ2) is 6.86. The Hall–Kier alpha value is -1.67. The maximum Gasteiger partial charge on any atom is 0.322 e. The highest BCUT2D eigenvalue weighted by atomic mass is 16.4. The SMILES string of the molecule is NC(=O)C1CCCN(C(=O)CN2CCNCC2C(=O)O)C1. The molecular formula is C13H22N4O4. The van der Waals surface area contributed by atoms with Crippen molar-refractivity contribution in [2.24, 2.45) is 11.7 Å². The van der Waals surface area contributed by atoms with Gasteiger partial charge in [-0.05, 0) is 12.8 Å². The Morgan fingerprint density at radius 3 is 2.71 bits per heavy atom. The summed E-state index contributed by atoms with van der Waals surface area (Å²) in [4.78, 5) is 38.1. The van der Waals surface area contributed by atoms with Crippen LogP contribution < -0.4 is 11.1 Å². The van der Waals surface area contributed by atoms with Gasteiger partial charge in [0, 0.05) is 32.7 Å². The van der Waals surface area contributed by atoms with Crippen LogP contribution in [0.1, 0.15) is 12.8 Å². The Bertz CT molecular complexity index is 428. The lowest BCUT2D eigenvalue weighted by molar-refractivity contribution is -0.146. The molecule has 0 aliphatic carbocycles. The number of carbonyl (C=O) groups is 3. The molecule has 2 rings (SSSR count). The number of carbonyl (C=O) groups excluding carboxylic acids is 2. The highest BCUT2D eigenvalue weighted by molar-refractivity contribution is 5.82. The van der Waals surface area contributed by atoms with Crippen LogP contribution in [0.2, 0.25) is 0 Å². The van der Waals surface area contributed by atoms with Crippen molar-refractivity contribution in [2.45, 2.75) is 18.9 Å². The standard InChI is InChI=1S/C13H22N4O4/c14-12(19)9-2-1-4-17(7-9)11(18)8-16-5-3-15-6-10(16)13(20)21/h9-10,15H,1-8H2,(H2,14,19)(H,20,21). The van der Waals surface area contributed by atoms with Gasteiger partial charge in [0.1, 0.15) is 6.04 Å². The Morgan fingerprint density at radius 1 is 1.29 bits per heavy atom. The van der Waals surface area contributed by atoms with Crippen molar-refractivity contribution < 1.29 is 19.5 Å². The van der Waals surface area contributed by atoms with Gasteiger partial charge in [0.25, 0.3) is 0 Å². The number of hydrogen-bond donors (Lipinski definition) is 3. The van der Waals surface area contributed by atoms with Gasteiger partial charge in [-0.2, -0.15) is 0 Å². The molecule has 0 aromatic rings. The molecular weight excluding hydrogens is 276 g/mol. The van der Waals surface area contributed by atoms with Crippen LogP contribution in [0.25, 0.3) is 0 Å². The number of carboxylic acids is 1. The van der Waals surface area contributed by atoms with Gasteiger partial charge in [-0.3, -0.25) is 19.3 Å². The minimum absolute atomic E-state index is 0.0735. The number of nitrogens with zero attached hydrogens (tertiary/aromatic N) is 2. The normalized spacial score (nSPS) is 27.3. The minimum Gasteiger partial charge on any atom is -0.480 e. The van der Waals surface area contributed by atoms with E-state index in [0.717, 1.165) is 6.42 Å². The third kappa shape index (κ3) is 3.92. The van der Waals surface area contributed by atoms with E-state index in [4.69, 9.17) is 5.73 Å². The molecule has 2 saturated heterocycles. The van der Waals surface area contributed by atoms with Crippen molar-refractivity contribution in [2.75, 3.05) is 39.3 Å². The molecule has 2 aliphatic rings. The third-order valence-electron chi connectivity index (χ3n) is 4.15. The van der Waals surface area contributed by atoms with Crippen LogP contribution in [0, 0.1) is 5.92 Å². The summed E-state index contributed by atoms with van der Waals surface area (Å²) in [6, 6.07) is -0.681. The number of aliphatic carboxylic acids is 1. The number of nitrogens with one attached hydrogen (secondary N) is 1. The molecule has 2 amide bonds. The first-order chi connectivity index (χ1) is 9.99. The second-order valence-electron chi connectivity index (χ2n) is 5.61. The van der Waals surface area contributed by atoms with Crippen LogP contribution in [0.15, 0.2) is 0 Å². The maximum absolute atomic E-state index is 12.3. The Kier molecular flexibility index (Phi) is 5.13. The number of carboxylic acid groups (broad SMARTS) is 1. The zero-order valence-corrected chi connectivity index (χ0v) is 12.0. The number of primary amides is 1. The molecule has 0 radical (unpaired) electrons. The lowest BCUT2D eigenvalue weighted by atomic mass is 9.97. The first-order valence-electron chi connectivity index (χ1n) is 7.23. The molecule has 0 aromatic heterocycles. The Labute approximate surface area is 123 Å². The van der Waals surface area contributed by atoms with Gasteiger partial charge in [-0.15, -0.1) is 0 Å². The quantitative estimate of drug-likeness (QED) is 0.556. The predicted octanol–water partition coefficient (Wildman–Crippen LogP) is -1.93. The average Bonchev–Trinajstić information content (AvgIpc) is 2.47. The maximum atomic E-state index is 12.3. The summed E-state index contributed by atoms with van der Waals surface area (Å²) in [6.45, 7) is 2.55. The van der Waals surface area contributed by atoms with Crippen molar-refractivity contribution in [1.29, 1.82) is 0 Å². The van der Waals surface area contributed by atoms with E-state index in [0.29, 0.717) is 39.1 Å². The van der Waals surface area contributed by atoms with E-state index in [2.05, 4.69) is 5.32 Å². The number of hydrogen-bond acceptors (Lipinski definition) is 5. The summed E-state index contributed by atoms with van der Waals surface area (Å²) >= 11 is 0. The smallest absolute Gasteiger partial charge is 0.322 e. The van der Waals surface area contributed by atoms with E-state index in [1.807, 2.05) is 0 Å². The topological polar surface area (TPSA) is 116 Å². The highest BCUT2D eigenvalue weighted by Crippen LogP contribution is 2.16. The van der Waals surface area contributed by atoms with Crippen molar-refractivity contribution in [3.63, 3.8) is 0 Å². The molecule has 21 heavy (non-hydrogen) atoms. The van der Waals surface area contributed by atoms with Crippen LogP contribution in [-0.2, 0) is 14.4 Å². The van der Waals surface area contributed by atoms with Crippen LogP contribution in [0.5, 0.6) is 0 Å². The van der Waals surface area contributed by atoms with Gasteiger partial charge in [0.15, 0.2) is 0 Å². The minimum atomic E-state index is -0.927. The molecule has 4 N–H and O–H groups in total. The largest absolute Gasteiger partial charge is 0.480 e. The molecule has 0 spiro atoms. The van der Waals surface area contributed by atoms with Gasteiger partial charge in [-0.1, -0.05) is 0 Å². The third-order valence-corrected chi connectivity index (χ3v) is 4.15. The molecule has 2 unspecified atom stereocenters. The first kappa shape index (κ1) is 15.7. The van der Waals surface area contributed by atoms with E-state index in [-0.39, 0.29) is 24.3 Å². The van der Waals surface area contributed by atoms with E-state index in [1.54, 1.807) is 9.80 Å². The second-order valence-corrected chi connectivity index (χ2v) is 5.61. The van der Waals surface area contributed by atoms with Gasteiger partial charge < -0.3 is 21.1 Å². The molecule has 0 aromatic carbocycles. The predicted molar refractivity (Wildman–Crippen MR) is 74.4 cm³/mol. The fraction of sp³-hybridized carbons (Fsp3) is 0.769. The molecule has 2 aliphatic heterocycles. The fourth-order valence-electron chi connectivity index (χ4n) is 2.89. The molecule has 8 nitrogen and oxygen atoms in total. The Balaban J connectivity index is 1.93. The lowest BCUT2D eigenvalue weighted by Crippen LogP contribution is -2.58. The molecule has 0 bridgehead atoms. The number of amides is 2. The summed E-state index contributed by atoms with van der Waals surface area (Å²) in [5.41, 5.74) is 5.30. The Morgan fingerprint density at radius 2 is 2.05 bits per heavy atom. The molecule has 8 heteroatoms. The summed E-state index contributed by atoms with van der Waals surface area (Å²) in [5.74, 6) is -1.73. The summed E-state index contributed by atoms with van der Waals surface area (Å²) < 4.78 is 0. The monoisotopic (exact) mass is 298 g/mol. The molecule has 2 heterocycles. The zero-order valence-electron chi connectivity index (χ0n) is 12.0. The molecule has 118 valence electrons.